The topological polar surface area (TPSA) is 44.8 Å². The quantitative estimate of drug-likeness (QED) is 0.541. The largest absolute Gasteiger partial charge is 0.497 e. The highest BCUT2D eigenvalue weighted by Crippen LogP contribution is 2.37. The maximum atomic E-state index is 12.0. The molecule has 0 aliphatic carbocycles. The number of esters is 1. The first-order chi connectivity index (χ1) is 10.5. The van der Waals surface area contributed by atoms with Crippen molar-refractivity contribution in [2.75, 3.05) is 7.11 Å². The molecule has 0 aromatic heterocycles. The minimum absolute atomic E-state index is 0.126. The third-order valence-electron chi connectivity index (χ3n) is 4.31. The van der Waals surface area contributed by atoms with Crippen LogP contribution in [0.3, 0.4) is 0 Å². The first-order valence-electron chi connectivity index (χ1n) is 8.01. The molecule has 0 bridgehead atoms. The summed E-state index contributed by atoms with van der Waals surface area (Å²) >= 11 is 0. The van der Waals surface area contributed by atoms with Crippen LogP contribution in [-0.4, -0.2) is 27.5 Å². The molecule has 1 atom stereocenters. The van der Waals surface area contributed by atoms with Crippen LogP contribution in [0.4, 0.5) is 0 Å². The van der Waals surface area contributed by atoms with E-state index in [-0.39, 0.29) is 30.1 Å². The second kappa shape index (κ2) is 7.97. The van der Waals surface area contributed by atoms with Gasteiger partial charge in [-0.25, -0.2) is 0 Å². The normalized spacial score (nSPS) is 13.5. The molecule has 0 saturated carbocycles. The minimum Gasteiger partial charge on any atom is -0.497 e. The molecule has 1 aromatic carbocycles. The molecule has 1 rings (SSSR count). The third kappa shape index (κ3) is 6.35. The number of rotatable bonds is 7. The second-order valence-electron chi connectivity index (χ2n) is 7.40. The van der Waals surface area contributed by atoms with E-state index in [0.29, 0.717) is 0 Å². The van der Waals surface area contributed by atoms with Gasteiger partial charge in [0.05, 0.1) is 19.6 Å². The van der Waals surface area contributed by atoms with Gasteiger partial charge in [-0.2, -0.15) is 0 Å². The van der Waals surface area contributed by atoms with Crippen molar-refractivity contribution in [3.8, 4) is 5.75 Å². The minimum atomic E-state index is -1.85. The van der Waals surface area contributed by atoms with Crippen LogP contribution in [0, 0.1) is 0 Å². The van der Waals surface area contributed by atoms with Gasteiger partial charge in [0.2, 0.25) is 0 Å². The van der Waals surface area contributed by atoms with E-state index >= 15 is 0 Å². The highest BCUT2D eigenvalue weighted by Gasteiger charge is 2.38. The first-order valence-corrected chi connectivity index (χ1v) is 10.9. The van der Waals surface area contributed by atoms with E-state index in [4.69, 9.17) is 13.9 Å². The zero-order chi connectivity index (χ0) is 17.7. The molecule has 0 heterocycles. The Kier molecular flexibility index (Phi) is 6.83. The fraction of sp³-hybridized carbons (Fsp3) is 0.611. The zero-order valence-electron chi connectivity index (χ0n) is 15.4. The zero-order valence-corrected chi connectivity index (χ0v) is 16.4. The summed E-state index contributed by atoms with van der Waals surface area (Å²) in [6.45, 7) is 13.2. The van der Waals surface area contributed by atoms with Gasteiger partial charge in [-0.15, -0.1) is 0 Å². The third-order valence-corrected chi connectivity index (χ3v) is 8.92. The van der Waals surface area contributed by atoms with Crippen molar-refractivity contribution in [3.05, 3.63) is 29.8 Å². The summed E-state index contributed by atoms with van der Waals surface area (Å²) in [5, 5.41) is 0.133. The van der Waals surface area contributed by atoms with Gasteiger partial charge in [-0.3, -0.25) is 4.79 Å². The van der Waals surface area contributed by atoms with Crippen molar-refractivity contribution in [1.29, 1.82) is 0 Å². The van der Waals surface area contributed by atoms with Crippen LogP contribution in [0.15, 0.2) is 24.3 Å². The average molecular weight is 339 g/mol. The van der Waals surface area contributed by atoms with E-state index in [1.54, 1.807) is 7.11 Å². The SMILES string of the molecule is COc1ccc(COC(=O)C[C@@H](C)O[Si](C)(C)C(C)(C)C)cc1. The molecular weight excluding hydrogens is 308 g/mol. The lowest BCUT2D eigenvalue weighted by Crippen LogP contribution is -2.43. The fourth-order valence-electron chi connectivity index (χ4n) is 1.90. The van der Waals surface area contributed by atoms with Gasteiger partial charge in [0, 0.05) is 0 Å². The van der Waals surface area contributed by atoms with Gasteiger partial charge in [-0.1, -0.05) is 32.9 Å². The Balaban J connectivity index is 2.43. The Morgan fingerprint density at radius 1 is 1.17 bits per heavy atom. The summed E-state index contributed by atoms with van der Waals surface area (Å²) in [4.78, 5) is 12.0. The number of methoxy groups -OCH3 is 1. The van der Waals surface area contributed by atoms with E-state index in [0.717, 1.165) is 11.3 Å². The van der Waals surface area contributed by atoms with E-state index in [2.05, 4.69) is 33.9 Å². The molecule has 0 aliphatic rings. The van der Waals surface area contributed by atoms with Crippen molar-refractivity contribution in [3.63, 3.8) is 0 Å². The molecule has 0 saturated heterocycles. The highest BCUT2D eigenvalue weighted by atomic mass is 28.4. The number of carbonyl (C=O) groups excluding carboxylic acids is 1. The maximum absolute atomic E-state index is 12.0. The number of ether oxygens (including phenoxy) is 2. The molecular formula is C18H30O4Si. The van der Waals surface area contributed by atoms with Crippen LogP contribution in [0.1, 0.15) is 39.7 Å². The lowest BCUT2D eigenvalue weighted by atomic mass is 10.2. The first kappa shape index (κ1) is 19.7. The Bertz CT molecular complexity index is 503. The number of benzene rings is 1. The van der Waals surface area contributed by atoms with Crippen LogP contribution < -0.4 is 4.74 Å². The van der Waals surface area contributed by atoms with Crippen molar-refractivity contribution >= 4 is 14.3 Å². The highest BCUT2D eigenvalue weighted by molar-refractivity contribution is 6.74. The standard InChI is InChI=1S/C18H30O4Si/c1-14(22-23(6,7)18(2,3)4)12-17(19)21-13-15-8-10-16(20-5)11-9-15/h8-11,14H,12-13H2,1-7H3/t14-/m1/s1. The lowest BCUT2D eigenvalue weighted by Gasteiger charge is -2.38. The predicted octanol–water partition coefficient (Wildman–Crippen LogP) is 4.54. The summed E-state index contributed by atoms with van der Waals surface area (Å²) < 4.78 is 16.6. The molecule has 0 aliphatic heterocycles. The molecule has 0 radical (unpaired) electrons. The molecule has 23 heavy (non-hydrogen) atoms. The van der Waals surface area contributed by atoms with Crippen LogP contribution >= 0.6 is 0 Å². The van der Waals surface area contributed by atoms with Crippen molar-refractivity contribution < 1.29 is 18.7 Å². The molecule has 5 heteroatoms. The monoisotopic (exact) mass is 338 g/mol. The van der Waals surface area contributed by atoms with Crippen LogP contribution in [0.5, 0.6) is 5.75 Å². The Hall–Kier alpha value is -1.33. The van der Waals surface area contributed by atoms with Crippen molar-refractivity contribution in [2.45, 2.75) is 65.0 Å². The summed E-state index contributed by atoms with van der Waals surface area (Å²) in [7, 11) is -0.230. The van der Waals surface area contributed by atoms with Crippen LogP contribution in [0.25, 0.3) is 0 Å². The number of carbonyl (C=O) groups is 1. The van der Waals surface area contributed by atoms with Crippen molar-refractivity contribution in [1.82, 2.24) is 0 Å². The second-order valence-corrected chi connectivity index (χ2v) is 12.2. The summed E-state index contributed by atoms with van der Waals surface area (Å²) in [5.74, 6) is 0.559. The smallest absolute Gasteiger partial charge is 0.308 e. The lowest BCUT2D eigenvalue weighted by molar-refractivity contribution is -0.146. The molecule has 0 N–H and O–H groups in total. The maximum Gasteiger partial charge on any atom is 0.308 e. The summed E-state index contributed by atoms with van der Waals surface area (Å²) in [6.07, 6.45) is 0.155. The number of hydrogen-bond donors (Lipinski definition) is 0. The Morgan fingerprint density at radius 3 is 2.22 bits per heavy atom. The van der Waals surface area contributed by atoms with E-state index < -0.39 is 8.32 Å². The Morgan fingerprint density at radius 2 is 1.74 bits per heavy atom. The molecule has 1 aromatic rings. The van der Waals surface area contributed by atoms with Gasteiger partial charge < -0.3 is 13.9 Å². The van der Waals surface area contributed by atoms with E-state index in [9.17, 15) is 4.79 Å². The van der Waals surface area contributed by atoms with Gasteiger partial charge in [-0.05, 0) is 42.8 Å². The van der Waals surface area contributed by atoms with E-state index in [1.165, 1.54) is 0 Å². The molecule has 0 spiro atoms. The Labute approximate surface area is 141 Å². The van der Waals surface area contributed by atoms with Crippen LogP contribution in [-0.2, 0) is 20.6 Å². The molecule has 0 unspecified atom stereocenters. The molecule has 0 amide bonds. The number of hydrogen-bond acceptors (Lipinski definition) is 4. The summed E-state index contributed by atoms with van der Waals surface area (Å²) in [6, 6.07) is 7.49. The fourth-order valence-corrected chi connectivity index (χ4v) is 3.34. The summed E-state index contributed by atoms with van der Waals surface area (Å²) in [5.41, 5.74) is 0.942. The van der Waals surface area contributed by atoms with Crippen LogP contribution in [0.2, 0.25) is 18.1 Å². The van der Waals surface area contributed by atoms with Gasteiger partial charge in [0.25, 0.3) is 0 Å². The average Bonchev–Trinajstić information content (AvgIpc) is 2.43. The molecule has 130 valence electrons. The van der Waals surface area contributed by atoms with E-state index in [1.807, 2.05) is 31.2 Å². The van der Waals surface area contributed by atoms with Gasteiger partial charge >= 0.3 is 5.97 Å². The predicted molar refractivity (Wildman–Crippen MR) is 95.2 cm³/mol. The molecule has 4 nitrogen and oxygen atoms in total. The van der Waals surface area contributed by atoms with Gasteiger partial charge in [0.15, 0.2) is 8.32 Å². The van der Waals surface area contributed by atoms with Gasteiger partial charge in [0.1, 0.15) is 12.4 Å². The van der Waals surface area contributed by atoms with Crippen molar-refractivity contribution in [2.24, 2.45) is 0 Å². The molecule has 0 fully saturated rings.